The average molecular weight is 427 g/mol. The zero-order valence-corrected chi connectivity index (χ0v) is 18.3. The van der Waals surface area contributed by atoms with Crippen LogP contribution in [0.3, 0.4) is 0 Å². The SMILES string of the molecule is C[C@@H]1CCC2[C@@H](C)[C@@H](Oc3ccc(Cn4ccnc4)cc3)O[C@@H]3O[C@]4(C)CC1[C@@]23OO4. The Labute approximate surface area is 182 Å². The molecule has 8 atom stereocenters. The molecule has 5 aliphatic rings. The highest BCUT2D eigenvalue weighted by Gasteiger charge is 2.72. The van der Waals surface area contributed by atoms with E-state index in [-0.39, 0.29) is 18.1 Å². The maximum atomic E-state index is 6.43. The second-order valence-electron chi connectivity index (χ2n) is 9.94. The highest BCUT2D eigenvalue weighted by atomic mass is 17.3. The van der Waals surface area contributed by atoms with Gasteiger partial charge >= 0.3 is 0 Å². The first-order valence-corrected chi connectivity index (χ1v) is 11.4. The van der Waals surface area contributed by atoms with Crippen LogP contribution in [-0.4, -0.2) is 33.5 Å². The molecule has 4 aliphatic heterocycles. The van der Waals surface area contributed by atoms with Gasteiger partial charge in [0.1, 0.15) is 5.75 Å². The molecule has 7 rings (SSSR count). The number of aromatic nitrogens is 2. The molecule has 2 aromatic rings. The van der Waals surface area contributed by atoms with E-state index >= 15 is 0 Å². The highest BCUT2D eigenvalue weighted by molar-refractivity contribution is 5.28. The maximum Gasteiger partial charge on any atom is 0.205 e. The Morgan fingerprint density at radius 2 is 1.97 bits per heavy atom. The molecule has 1 aromatic carbocycles. The third kappa shape index (κ3) is 3.05. The van der Waals surface area contributed by atoms with Crippen LogP contribution < -0.4 is 4.74 Å². The van der Waals surface area contributed by atoms with Crippen molar-refractivity contribution in [2.75, 3.05) is 0 Å². The molecule has 0 N–H and O–H groups in total. The van der Waals surface area contributed by atoms with Crippen molar-refractivity contribution in [2.45, 2.75) is 70.5 Å². The van der Waals surface area contributed by atoms with Crippen molar-refractivity contribution >= 4 is 0 Å². The van der Waals surface area contributed by atoms with Gasteiger partial charge in [-0.1, -0.05) is 26.0 Å². The number of nitrogens with zero attached hydrogens (tertiary/aromatic N) is 2. The monoisotopic (exact) mass is 426 g/mol. The Hall–Kier alpha value is -1.93. The van der Waals surface area contributed by atoms with E-state index in [1.54, 1.807) is 6.20 Å². The van der Waals surface area contributed by atoms with E-state index in [0.29, 0.717) is 11.8 Å². The summed E-state index contributed by atoms with van der Waals surface area (Å²) in [5, 5.41) is 0. The summed E-state index contributed by atoms with van der Waals surface area (Å²) < 4.78 is 21.1. The number of hydrogen-bond donors (Lipinski definition) is 0. The lowest BCUT2D eigenvalue weighted by Crippen LogP contribution is -2.76. The second kappa shape index (κ2) is 7.04. The van der Waals surface area contributed by atoms with Crippen molar-refractivity contribution in [1.82, 2.24) is 9.55 Å². The minimum absolute atomic E-state index is 0.159. The van der Waals surface area contributed by atoms with Gasteiger partial charge in [-0.2, -0.15) is 0 Å². The van der Waals surface area contributed by atoms with Gasteiger partial charge in [0.2, 0.25) is 12.1 Å². The van der Waals surface area contributed by atoms with Gasteiger partial charge in [0.05, 0.1) is 6.33 Å². The molecule has 2 unspecified atom stereocenters. The molecule has 31 heavy (non-hydrogen) atoms. The number of rotatable bonds is 4. The van der Waals surface area contributed by atoms with E-state index in [4.69, 9.17) is 24.0 Å². The molecule has 5 fully saturated rings. The lowest BCUT2D eigenvalue weighted by atomic mass is 9.56. The topological polar surface area (TPSA) is 64.0 Å². The first-order valence-electron chi connectivity index (χ1n) is 11.4. The van der Waals surface area contributed by atoms with E-state index in [1.165, 1.54) is 12.0 Å². The number of imidazole rings is 1. The van der Waals surface area contributed by atoms with E-state index in [1.807, 2.05) is 36.1 Å². The predicted octanol–water partition coefficient (Wildman–Crippen LogP) is 4.13. The standard InChI is InChI=1S/C24H30N2O5/c1-15-4-9-19-16(2)21(28-22-24(19)20(15)12-23(3,29-22)30-31-24)27-18-7-5-17(6-8-18)13-26-11-10-25-14-26/h5-8,10-11,14-16,19-22H,4,9,12-13H2,1-3H3/t15-,16-,19?,20?,21+,22-,23+,24+/m1/s1. The van der Waals surface area contributed by atoms with Gasteiger partial charge in [-0.15, -0.1) is 0 Å². The van der Waals surface area contributed by atoms with Crippen LogP contribution in [0.5, 0.6) is 5.75 Å². The molecule has 7 nitrogen and oxygen atoms in total. The van der Waals surface area contributed by atoms with Gasteiger partial charge in [-0.05, 0) is 43.4 Å². The largest absolute Gasteiger partial charge is 0.465 e. The van der Waals surface area contributed by atoms with Crippen molar-refractivity contribution < 1.29 is 24.0 Å². The molecule has 7 heteroatoms. The first-order chi connectivity index (χ1) is 15.0. The number of hydrogen-bond acceptors (Lipinski definition) is 6. The van der Waals surface area contributed by atoms with Crippen LogP contribution in [0.4, 0.5) is 0 Å². The molecule has 1 saturated carbocycles. The fourth-order valence-corrected chi connectivity index (χ4v) is 6.22. The molecule has 2 bridgehead atoms. The zero-order chi connectivity index (χ0) is 21.2. The van der Waals surface area contributed by atoms with Gasteiger partial charge in [0, 0.05) is 43.1 Å². The quantitative estimate of drug-likeness (QED) is 0.685. The predicted molar refractivity (Wildman–Crippen MR) is 111 cm³/mol. The Morgan fingerprint density at radius 3 is 2.74 bits per heavy atom. The average Bonchev–Trinajstić information content (AvgIpc) is 3.27. The fourth-order valence-electron chi connectivity index (χ4n) is 6.22. The lowest BCUT2D eigenvalue weighted by Gasteiger charge is -2.66. The van der Waals surface area contributed by atoms with Crippen molar-refractivity contribution in [3.63, 3.8) is 0 Å². The van der Waals surface area contributed by atoms with Crippen LogP contribution in [0.25, 0.3) is 0 Å². The molecule has 0 amide bonds. The first kappa shape index (κ1) is 19.7. The summed E-state index contributed by atoms with van der Waals surface area (Å²) in [4.78, 5) is 15.9. The van der Waals surface area contributed by atoms with Crippen LogP contribution >= 0.6 is 0 Å². The van der Waals surface area contributed by atoms with Crippen LogP contribution in [0.2, 0.25) is 0 Å². The zero-order valence-electron chi connectivity index (χ0n) is 18.3. The summed E-state index contributed by atoms with van der Waals surface area (Å²) in [7, 11) is 0. The highest BCUT2D eigenvalue weighted by Crippen LogP contribution is 2.62. The minimum Gasteiger partial charge on any atom is -0.465 e. The van der Waals surface area contributed by atoms with Crippen LogP contribution in [0.15, 0.2) is 43.0 Å². The van der Waals surface area contributed by atoms with Gasteiger partial charge in [-0.25, -0.2) is 14.8 Å². The smallest absolute Gasteiger partial charge is 0.205 e. The Bertz CT molecular complexity index is 934. The summed E-state index contributed by atoms with van der Waals surface area (Å²) in [6, 6.07) is 8.18. The Balaban J connectivity index is 1.22. The number of ether oxygens (including phenoxy) is 3. The second-order valence-corrected chi connectivity index (χ2v) is 9.94. The molecule has 5 heterocycles. The Kier molecular flexibility index (Phi) is 4.48. The van der Waals surface area contributed by atoms with Gasteiger partial charge in [0.25, 0.3) is 0 Å². The van der Waals surface area contributed by atoms with Crippen molar-refractivity contribution in [3.05, 3.63) is 48.5 Å². The molecule has 1 aromatic heterocycles. The summed E-state index contributed by atoms with van der Waals surface area (Å²) in [6.45, 7) is 7.25. The van der Waals surface area contributed by atoms with Crippen molar-refractivity contribution in [3.8, 4) is 5.75 Å². The van der Waals surface area contributed by atoms with E-state index in [9.17, 15) is 0 Å². The van der Waals surface area contributed by atoms with E-state index in [2.05, 4.69) is 31.0 Å². The van der Waals surface area contributed by atoms with Crippen LogP contribution in [0, 0.1) is 23.7 Å². The van der Waals surface area contributed by atoms with Gasteiger partial charge < -0.3 is 18.8 Å². The molecular weight excluding hydrogens is 396 g/mol. The third-order valence-corrected chi connectivity index (χ3v) is 7.88. The molecule has 1 spiro atoms. The summed E-state index contributed by atoms with van der Waals surface area (Å²) in [5.74, 6) is 1.39. The van der Waals surface area contributed by atoms with Gasteiger partial charge in [0.15, 0.2) is 11.9 Å². The van der Waals surface area contributed by atoms with Gasteiger partial charge in [-0.3, -0.25) is 0 Å². The number of benzene rings is 1. The molecule has 1 aliphatic carbocycles. The molecule has 166 valence electrons. The van der Waals surface area contributed by atoms with Crippen molar-refractivity contribution in [2.24, 2.45) is 23.7 Å². The Morgan fingerprint density at radius 1 is 1.13 bits per heavy atom. The third-order valence-electron chi connectivity index (χ3n) is 7.88. The fraction of sp³-hybridized carbons (Fsp3) is 0.625. The summed E-state index contributed by atoms with van der Waals surface area (Å²) in [6.07, 6.45) is 7.80. The number of fused-ring (bicyclic) bond motifs is 1. The maximum absolute atomic E-state index is 6.43. The molecule has 0 radical (unpaired) electrons. The van der Waals surface area contributed by atoms with Crippen molar-refractivity contribution in [1.29, 1.82) is 0 Å². The molecule has 4 saturated heterocycles. The van der Waals surface area contributed by atoms with Crippen LogP contribution in [-0.2, 0) is 25.8 Å². The van der Waals surface area contributed by atoms with E-state index < -0.39 is 17.7 Å². The summed E-state index contributed by atoms with van der Waals surface area (Å²) >= 11 is 0. The lowest BCUT2D eigenvalue weighted by molar-refractivity contribution is -0.614. The molecular formula is C24H30N2O5. The summed E-state index contributed by atoms with van der Waals surface area (Å²) in [5.41, 5.74) is 0.654. The van der Waals surface area contributed by atoms with Crippen LogP contribution in [0.1, 0.15) is 45.6 Å². The minimum atomic E-state index is -0.757. The normalized spacial score (nSPS) is 43.5. The van der Waals surface area contributed by atoms with E-state index in [0.717, 1.165) is 25.1 Å².